The summed E-state index contributed by atoms with van der Waals surface area (Å²) < 4.78 is 1.06. The van der Waals surface area contributed by atoms with E-state index in [1.807, 2.05) is 32.0 Å². The van der Waals surface area contributed by atoms with Crippen LogP contribution in [0.2, 0.25) is 0 Å². The van der Waals surface area contributed by atoms with E-state index in [-0.39, 0.29) is 11.8 Å². The van der Waals surface area contributed by atoms with E-state index >= 15 is 0 Å². The number of carbonyl (C=O) groups is 1. The molecule has 0 radical (unpaired) electrons. The van der Waals surface area contributed by atoms with Gasteiger partial charge in [0, 0.05) is 17.6 Å². The van der Waals surface area contributed by atoms with Gasteiger partial charge in [0.25, 0.3) is 0 Å². The lowest BCUT2D eigenvalue weighted by atomic mass is 9.89. The first-order valence-electron chi connectivity index (χ1n) is 5.56. The van der Waals surface area contributed by atoms with Crippen molar-refractivity contribution < 1.29 is 9.90 Å². The van der Waals surface area contributed by atoms with Crippen LogP contribution in [0.5, 0.6) is 0 Å². The van der Waals surface area contributed by atoms with Gasteiger partial charge in [0.2, 0.25) is 0 Å². The summed E-state index contributed by atoms with van der Waals surface area (Å²) in [5, 5.41) is 12.1. The van der Waals surface area contributed by atoms with Crippen LogP contribution < -0.4 is 5.32 Å². The minimum atomic E-state index is -0.751. The van der Waals surface area contributed by atoms with Crippen LogP contribution in [-0.4, -0.2) is 17.6 Å². The molecule has 0 aliphatic carbocycles. The first-order chi connectivity index (χ1) is 7.89. The highest BCUT2D eigenvalue weighted by Gasteiger charge is 2.20. The molecular formula is C13H18BrNO2. The number of aliphatic carboxylic acids is 1. The second kappa shape index (κ2) is 6.17. The van der Waals surface area contributed by atoms with Crippen LogP contribution in [0.1, 0.15) is 25.8 Å². The molecule has 0 aromatic heterocycles. The molecule has 0 saturated carbocycles. The molecule has 1 aromatic rings. The highest BCUT2D eigenvalue weighted by molar-refractivity contribution is 9.10. The Morgan fingerprint density at radius 3 is 2.76 bits per heavy atom. The van der Waals surface area contributed by atoms with Crippen molar-refractivity contribution in [2.45, 2.75) is 26.8 Å². The van der Waals surface area contributed by atoms with Crippen molar-refractivity contribution in [1.29, 1.82) is 0 Å². The number of halogens is 1. The molecule has 0 aliphatic heterocycles. The normalized spacial score (nSPS) is 11.5. The fraction of sp³-hybridized carbons (Fsp3) is 0.462. The fourth-order valence-corrected chi connectivity index (χ4v) is 2.11. The molecule has 0 saturated heterocycles. The van der Waals surface area contributed by atoms with Gasteiger partial charge in [-0.3, -0.25) is 4.79 Å². The third kappa shape index (κ3) is 5.84. The molecule has 0 unspecified atom stereocenters. The van der Waals surface area contributed by atoms with Crippen LogP contribution in [0.4, 0.5) is 0 Å². The lowest BCUT2D eigenvalue weighted by Crippen LogP contribution is -2.31. The van der Waals surface area contributed by atoms with Gasteiger partial charge in [-0.25, -0.2) is 0 Å². The number of carboxylic acid groups (broad SMARTS) is 1. The Morgan fingerprint density at radius 2 is 2.18 bits per heavy atom. The summed E-state index contributed by atoms with van der Waals surface area (Å²) in [5.41, 5.74) is 0.961. The third-order valence-corrected chi connectivity index (χ3v) is 2.94. The van der Waals surface area contributed by atoms with Crippen molar-refractivity contribution in [2.24, 2.45) is 5.41 Å². The molecule has 0 heterocycles. The van der Waals surface area contributed by atoms with Gasteiger partial charge < -0.3 is 10.4 Å². The van der Waals surface area contributed by atoms with E-state index < -0.39 is 5.97 Å². The van der Waals surface area contributed by atoms with Crippen molar-refractivity contribution in [3.63, 3.8) is 0 Å². The molecule has 4 heteroatoms. The maximum absolute atomic E-state index is 10.7. The Labute approximate surface area is 110 Å². The first kappa shape index (κ1) is 14.2. The van der Waals surface area contributed by atoms with E-state index in [1.165, 1.54) is 5.56 Å². The van der Waals surface area contributed by atoms with Crippen molar-refractivity contribution >= 4 is 21.9 Å². The zero-order valence-corrected chi connectivity index (χ0v) is 11.8. The fourth-order valence-electron chi connectivity index (χ4n) is 1.66. The SMILES string of the molecule is CC(C)(CNCc1cccc(Br)c1)CC(=O)O. The van der Waals surface area contributed by atoms with E-state index in [2.05, 4.69) is 27.3 Å². The standard InChI is InChI=1S/C13H18BrNO2/c1-13(2,7-12(16)17)9-15-8-10-4-3-5-11(14)6-10/h3-6,15H,7-9H2,1-2H3,(H,16,17). The van der Waals surface area contributed by atoms with Crippen molar-refractivity contribution in [1.82, 2.24) is 5.32 Å². The Bertz CT molecular complexity index is 391. The van der Waals surface area contributed by atoms with Gasteiger partial charge in [-0.15, -0.1) is 0 Å². The summed E-state index contributed by atoms with van der Waals surface area (Å²) >= 11 is 3.42. The van der Waals surface area contributed by atoms with Crippen LogP contribution in [0.25, 0.3) is 0 Å². The van der Waals surface area contributed by atoms with Crippen LogP contribution >= 0.6 is 15.9 Å². The van der Waals surface area contributed by atoms with E-state index in [0.29, 0.717) is 6.54 Å². The summed E-state index contributed by atoms with van der Waals surface area (Å²) in [6, 6.07) is 8.07. The highest BCUT2D eigenvalue weighted by Crippen LogP contribution is 2.19. The molecule has 3 nitrogen and oxygen atoms in total. The van der Waals surface area contributed by atoms with Gasteiger partial charge in [-0.2, -0.15) is 0 Å². The summed E-state index contributed by atoms with van der Waals surface area (Å²) in [6.07, 6.45) is 0.179. The minimum Gasteiger partial charge on any atom is -0.481 e. The summed E-state index contributed by atoms with van der Waals surface area (Å²) in [6.45, 7) is 5.35. The Kier molecular flexibility index (Phi) is 5.15. The van der Waals surface area contributed by atoms with Crippen LogP contribution in [0.15, 0.2) is 28.7 Å². The van der Waals surface area contributed by atoms with Crippen LogP contribution in [0.3, 0.4) is 0 Å². The molecule has 94 valence electrons. The zero-order valence-electron chi connectivity index (χ0n) is 10.2. The highest BCUT2D eigenvalue weighted by atomic mass is 79.9. The zero-order chi connectivity index (χ0) is 12.9. The van der Waals surface area contributed by atoms with Gasteiger partial charge in [0.15, 0.2) is 0 Å². The predicted molar refractivity (Wildman–Crippen MR) is 71.9 cm³/mol. The Hall–Kier alpha value is -0.870. The van der Waals surface area contributed by atoms with Gasteiger partial charge in [-0.1, -0.05) is 41.9 Å². The molecule has 1 aromatic carbocycles. The molecule has 0 bridgehead atoms. The van der Waals surface area contributed by atoms with Gasteiger partial charge in [-0.05, 0) is 23.1 Å². The summed E-state index contributed by atoms with van der Waals surface area (Å²) in [7, 11) is 0. The predicted octanol–water partition coefficient (Wildman–Crippen LogP) is 3.04. The lowest BCUT2D eigenvalue weighted by Gasteiger charge is -2.22. The second-order valence-corrected chi connectivity index (χ2v) is 5.88. The monoisotopic (exact) mass is 299 g/mol. The van der Waals surface area contributed by atoms with E-state index in [1.54, 1.807) is 0 Å². The number of hydrogen-bond acceptors (Lipinski definition) is 2. The third-order valence-electron chi connectivity index (χ3n) is 2.45. The minimum absolute atomic E-state index is 0.179. The largest absolute Gasteiger partial charge is 0.481 e. The molecule has 1 rings (SSSR count). The topological polar surface area (TPSA) is 49.3 Å². The molecule has 0 spiro atoms. The molecule has 2 N–H and O–H groups in total. The summed E-state index contributed by atoms with van der Waals surface area (Å²) in [5.74, 6) is -0.751. The van der Waals surface area contributed by atoms with Crippen molar-refractivity contribution in [2.75, 3.05) is 6.54 Å². The van der Waals surface area contributed by atoms with Crippen LogP contribution in [-0.2, 0) is 11.3 Å². The quantitative estimate of drug-likeness (QED) is 0.849. The molecule has 17 heavy (non-hydrogen) atoms. The number of nitrogens with one attached hydrogen (secondary N) is 1. The average Bonchev–Trinajstić information content (AvgIpc) is 2.15. The summed E-state index contributed by atoms with van der Waals surface area (Å²) in [4.78, 5) is 10.7. The first-order valence-corrected chi connectivity index (χ1v) is 6.35. The number of rotatable bonds is 6. The number of hydrogen-bond donors (Lipinski definition) is 2. The smallest absolute Gasteiger partial charge is 0.303 e. The lowest BCUT2D eigenvalue weighted by molar-refractivity contribution is -0.139. The molecular weight excluding hydrogens is 282 g/mol. The van der Waals surface area contributed by atoms with Crippen molar-refractivity contribution in [3.05, 3.63) is 34.3 Å². The van der Waals surface area contributed by atoms with Crippen molar-refractivity contribution in [3.8, 4) is 0 Å². The molecule has 0 aliphatic rings. The molecule has 0 atom stereocenters. The van der Waals surface area contributed by atoms with Gasteiger partial charge in [0.05, 0.1) is 6.42 Å². The van der Waals surface area contributed by atoms with Gasteiger partial charge in [0.1, 0.15) is 0 Å². The number of benzene rings is 1. The maximum atomic E-state index is 10.7. The van der Waals surface area contributed by atoms with Crippen LogP contribution in [0, 0.1) is 5.41 Å². The van der Waals surface area contributed by atoms with E-state index in [9.17, 15) is 4.79 Å². The maximum Gasteiger partial charge on any atom is 0.303 e. The number of carboxylic acids is 1. The Morgan fingerprint density at radius 1 is 1.47 bits per heavy atom. The average molecular weight is 300 g/mol. The van der Waals surface area contributed by atoms with E-state index in [4.69, 9.17) is 5.11 Å². The second-order valence-electron chi connectivity index (χ2n) is 4.97. The molecule has 0 amide bonds. The Balaban J connectivity index is 2.39. The van der Waals surface area contributed by atoms with E-state index in [0.717, 1.165) is 11.0 Å². The molecule has 0 fully saturated rings. The van der Waals surface area contributed by atoms with Gasteiger partial charge >= 0.3 is 5.97 Å².